The molecule has 142 valence electrons. The maximum Gasteiger partial charge on any atom is 0.256 e. The van der Waals surface area contributed by atoms with Gasteiger partial charge in [-0.3, -0.25) is 9.59 Å². The second kappa shape index (κ2) is 8.28. The van der Waals surface area contributed by atoms with Gasteiger partial charge in [-0.25, -0.2) is 4.39 Å². The number of hydrogen-bond donors (Lipinski definition) is 0. The lowest BCUT2D eigenvalue weighted by Crippen LogP contribution is -2.46. The molecular formula is C20H19Cl2FN2O2. The van der Waals surface area contributed by atoms with E-state index in [1.54, 1.807) is 37.4 Å². The Morgan fingerprint density at radius 2 is 1.96 bits per heavy atom. The van der Waals surface area contributed by atoms with Crippen molar-refractivity contribution in [2.75, 3.05) is 13.6 Å². The first-order chi connectivity index (χ1) is 12.9. The molecule has 1 fully saturated rings. The average Bonchev–Trinajstić information content (AvgIpc) is 3.14. The molecule has 0 radical (unpaired) electrons. The fourth-order valence-electron chi connectivity index (χ4n) is 3.30. The summed E-state index contributed by atoms with van der Waals surface area (Å²) in [4.78, 5) is 28.8. The molecule has 1 heterocycles. The summed E-state index contributed by atoms with van der Waals surface area (Å²) in [5, 5.41) is 0.698. The first kappa shape index (κ1) is 19.6. The molecule has 0 N–H and O–H groups in total. The number of carbonyl (C=O) groups excluding carboxylic acids is 2. The first-order valence-corrected chi connectivity index (χ1v) is 9.38. The zero-order chi connectivity index (χ0) is 19.6. The molecule has 3 rings (SSSR count). The van der Waals surface area contributed by atoms with Gasteiger partial charge in [0.05, 0.1) is 10.6 Å². The highest BCUT2D eigenvalue weighted by Gasteiger charge is 2.36. The van der Waals surface area contributed by atoms with Crippen LogP contribution < -0.4 is 0 Å². The zero-order valence-electron chi connectivity index (χ0n) is 14.8. The highest BCUT2D eigenvalue weighted by Crippen LogP contribution is 2.27. The Kier molecular flexibility index (Phi) is 6.02. The van der Waals surface area contributed by atoms with Crippen LogP contribution in [-0.2, 0) is 11.3 Å². The van der Waals surface area contributed by atoms with Gasteiger partial charge in [-0.15, -0.1) is 0 Å². The smallest absolute Gasteiger partial charge is 0.256 e. The number of hydrogen-bond acceptors (Lipinski definition) is 2. The van der Waals surface area contributed by atoms with Crippen LogP contribution in [0.4, 0.5) is 4.39 Å². The summed E-state index contributed by atoms with van der Waals surface area (Å²) in [6.45, 7) is 0.605. The molecule has 27 heavy (non-hydrogen) atoms. The minimum atomic E-state index is -0.593. The summed E-state index contributed by atoms with van der Waals surface area (Å²) in [7, 11) is 1.61. The Balaban J connectivity index is 1.77. The van der Waals surface area contributed by atoms with Gasteiger partial charge in [0.25, 0.3) is 5.91 Å². The van der Waals surface area contributed by atoms with Gasteiger partial charge in [-0.05, 0) is 37.1 Å². The Labute approximate surface area is 167 Å². The molecule has 1 aliphatic rings. The van der Waals surface area contributed by atoms with Crippen molar-refractivity contribution in [1.29, 1.82) is 0 Å². The molecule has 7 heteroatoms. The van der Waals surface area contributed by atoms with E-state index in [0.717, 1.165) is 0 Å². The number of likely N-dealkylation sites (tertiary alicyclic amines) is 1. The molecule has 1 unspecified atom stereocenters. The van der Waals surface area contributed by atoms with Gasteiger partial charge in [0.15, 0.2) is 0 Å². The Hall–Kier alpha value is -2.11. The quantitative estimate of drug-likeness (QED) is 0.752. The van der Waals surface area contributed by atoms with Crippen LogP contribution in [-0.4, -0.2) is 41.2 Å². The van der Waals surface area contributed by atoms with Gasteiger partial charge in [0, 0.05) is 30.7 Å². The van der Waals surface area contributed by atoms with E-state index in [1.165, 1.54) is 21.9 Å². The van der Waals surface area contributed by atoms with Crippen molar-refractivity contribution in [3.63, 3.8) is 0 Å². The number of carbonyl (C=O) groups is 2. The lowest BCUT2D eigenvalue weighted by Gasteiger charge is -2.28. The van der Waals surface area contributed by atoms with E-state index in [2.05, 4.69) is 0 Å². The lowest BCUT2D eigenvalue weighted by molar-refractivity contribution is -0.134. The van der Waals surface area contributed by atoms with Crippen molar-refractivity contribution in [3.8, 4) is 0 Å². The number of likely N-dealkylation sites (N-methyl/N-ethyl adjacent to an activating group) is 1. The van der Waals surface area contributed by atoms with Crippen LogP contribution in [0.3, 0.4) is 0 Å². The van der Waals surface area contributed by atoms with Crippen LogP contribution in [0.5, 0.6) is 0 Å². The zero-order valence-corrected chi connectivity index (χ0v) is 16.3. The van der Waals surface area contributed by atoms with Gasteiger partial charge in [-0.2, -0.15) is 0 Å². The maximum absolute atomic E-state index is 13.9. The lowest BCUT2D eigenvalue weighted by atomic mass is 10.1. The summed E-state index contributed by atoms with van der Waals surface area (Å²) in [6.07, 6.45) is 1.28. The molecule has 1 saturated heterocycles. The highest BCUT2D eigenvalue weighted by molar-refractivity contribution is 6.35. The topological polar surface area (TPSA) is 40.6 Å². The Morgan fingerprint density at radius 1 is 1.22 bits per heavy atom. The van der Waals surface area contributed by atoms with Crippen LogP contribution >= 0.6 is 23.2 Å². The average molecular weight is 409 g/mol. The van der Waals surface area contributed by atoms with E-state index >= 15 is 0 Å². The van der Waals surface area contributed by atoms with E-state index in [-0.39, 0.29) is 29.7 Å². The predicted octanol–water partition coefficient (Wildman–Crippen LogP) is 4.40. The van der Waals surface area contributed by atoms with Gasteiger partial charge in [0.1, 0.15) is 11.9 Å². The summed E-state index contributed by atoms with van der Waals surface area (Å²) < 4.78 is 13.9. The number of nitrogens with zero attached hydrogens (tertiary/aromatic N) is 2. The molecule has 0 bridgehead atoms. The minimum absolute atomic E-state index is 0.141. The maximum atomic E-state index is 13.9. The predicted molar refractivity (Wildman–Crippen MR) is 103 cm³/mol. The highest BCUT2D eigenvalue weighted by atomic mass is 35.5. The third kappa shape index (κ3) is 4.25. The molecule has 1 aliphatic heterocycles. The molecule has 4 nitrogen and oxygen atoms in total. The molecule has 0 saturated carbocycles. The summed E-state index contributed by atoms with van der Waals surface area (Å²) in [6, 6.07) is 10.4. The van der Waals surface area contributed by atoms with Crippen LogP contribution in [0.25, 0.3) is 0 Å². The molecule has 2 aromatic rings. The SMILES string of the molecule is CN(Cc1ccccc1F)C(=O)C1CCCN1C(=O)c1cc(Cl)ccc1Cl. The van der Waals surface area contributed by atoms with Crippen molar-refractivity contribution < 1.29 is 14.0 Å². The minimum Gasteiger partial charge on any atom is -0.340 e. The summed E-state index contributed by atoms with van der Waals surface area (Å²) >= 11 is 12.1. The molecule has 0 spiro atoms. The second-order valence-corrected chi connectivity index (χ2v) is 7.41. The molecule has 2 aromatic carbocycles. The summed E-state index contributed by atoms with van der Waals surface area (Å²) in [5.74, 6) is -0.901. The fraction of sp³-hybridized carbons (Fsp3) is 0.300. The third-order valence-corrected chi connectivity index (χ3v) is 5.26. The molecule has 0 aliphatic carbocycles. The van der Waals surface area contributed by atoms with Gasteiger partial charge >= 0.3 is 0 Å². The van der Waals surface area contributed by atoms with E-state index in [1.807, 2.05) is 0 Å². The largest absolute Gasteiger partial charge is 0.340 e. The van der Waals surface area contributed by atoms with Crippen molar-refractivity contribution in [2.24, 2.45) is 0 Å². The number of rotatable bonds is 4. The van der Waals surface area contributed by atoms with Crippen molar-refractivity contribution in [1.82, 2.24) is 9.80 Å². The standard InChI is InChI=1S/C20H19Cl2FN2O2/c1-24(12-13-5-2-3-6-17(13)23)20(27)18-7-4-10-25(18)19(26)15-11-14(21)8-9-16(15)22/h2-3,5-6,8-9,11,18H,4,7,10,12H2,1H3. The van der Waals surface area contributed by atoms with E-state index < -0.39 is 6.04 Å². The van der Waals surface area contributed by atoms with Crippen molar-refractivity contribution in [3.05, 3.63) is 69.5 Å². The fourth-order valence-corrected chi connectivity index (χ4v) is 3.67. The third-order valence-electron chi connectivity index (χ3n) is 4.70. The molecule has 1 atom stereocenters. The van der Waals surface area contributed by atoms with E-state index in [4.69, 9.17) is 23.2 Å². The van der Waals surface area contributed by atoms with Crippen LogP contribution in [0.1, 0.15) is 28.8 Å². The van der Waals surface area contributed by atoms with Gasteiger partial charge < -0.3 is 9.80 Å². The Morgan fingerprint density at radius 3 is 2.70 bits per heavy atom. The van der Waals surface area contributed by atoms with Crippen molar-refractivity contribution >= 4 is 35.0 Å². The number of halogens is 3. The first-order valence-electron chi connectivity index (χ1n) is 8.63. The van der Waals surface area contributed by atoms with Crippen molar-refractivity contribution in [2.45, 2.75) is 25.4 Å². The number of amides is 2. The second-order valence-electron chi connectivity index (χ2n) is 6.57. The molecule has 2 amide bonds. The monoisotopic (exact) mass is 408 g/mol. The van der Waals surface area contributed by atoms with Crippen LogP contribution in [0, 0.1) is 5.82 Å². The van der Waals surface area contributed by atoms with E-state index in [0.29, 0.717) is 35.0 Å². The van der Waals surface area contributed by atoms with Crippen LogP contribution in [0.15, 0.2) is 42.5 Å². The normalized spacial score (nSPS) is 16.4. The number of benzene rings is 2. The van der Waals surface area contributed by atoms with E-state index in [9.17, 15) is 14.0 Å². The van der Waals surface area contributed by atoms with Gasteiger partial charge in [-0.1, -0.05) is 41.4 Å². The Bertz CT molecular complexity index is 875. The van der Waals surface area contributed by atoms with Crippen LogP contribution in [0.2, 0.25) is 10.0 Å². The molecule has 0 aromatic heterocycles. The molecular weight excluding hydrogens is 390 g/mol. The van der Waals surface area contributed by atoms with Gasteiger partial charge in [0.2, 0.25) is 5.91 Å². The summed E-state index contributed by atoms with van der Waals surface area (Å²) in [5.41, 5.74) is 0.711.